The second-order valence-electron chi connectivity index (χ2n) is 3.97. The largest absolute Gasteiger partial charge is 0.467 e. The molecule has 1 aromatic rings. The Balaban J connectivity index is 2.25. The smallest absolute Gasteiger partial charge is 0.221 e. The molecule has 0 aliphatic carbocycles. The maximum absolute atomic E-state index is 11.4. The van der Waals surface area contributed by atoms with Crippen molar-refractivity contribution in [3.05, 3.63) is 24.2 Å². The average molecular weight is 210 g/mol. The van der Waals surface area contributed by atoms with Gasteiger partial charge in [-0.05, 0) is 18.1 Å². The molecule has 0 saturated carbocycles. The Hall–Kier alpha value is -1.29. The van der Waals surface area contributed by atoms with E-state index in [0.29, 0.717) is 18.9 Å². The number of rotatable bonds is 5. The summed E-state index contributed by atoms with van der Waals surface area (Å²) in [5.74, 6) is 1.04. The van der Waals surface area contributed by atoms with Gasteiger partial charge in [0.05, 0.1) is 12.8 Å². The van der Waals surface area contributed by atoms with Crippen LogP contribution in [0.3, 0.4) is 0 Å². The highest BCUT2D eigenvalue weighted by Crippen LogP contribution is 2.03. The maximum atomic E-state index is 11.4. The van der Waals surface area contributed by atoms with Crippen LogP contribution in [-0.4, -0.2) is 11.9 Å². The molecule has 0 aromatic carbocycles. The standard InChI is InChI=1S/C11H18N2O2/c1-8(2)10(12)6-11(14)13-7-9-4-3-5-15-9/h3-5,8,10H,6-7,12H2,1-2H3,(H,13,14). The molecule has 3 N–H and O–H groups in total. The number of amides is 1. The van der Waals surface area contributed by atoms with E-state index in [0.717, 1.165) is 5.76 Å². The summed E-state index contributed by atoms with van der Waals surface area (Å²) in [6.45, 7) is 4.44. The Labute approximate surface area is 89.8 Å². The lowest BCUT2D eigenvalue weighted by Crippen LogP contribution is -2.34. The fourth-order valence-corrected chi connectivity index (χ4v) is 1.12. The van der Waals surface area contributed by atoms with Crippen molar-refractivity contribution < 1.29 is 9.21 Å². The molecule has 1 rings (SSSR count). The van der Waals surface area contributed by atoms with E-state index < -0.39 is 0 Å². The molecule has 1 atom stereocenters. The first-order chi connectivity index (χ1) is 7.09. The topological polar surface area (TPSA) is 68.3 Å². The van der Waals surface area contributed by atoms with E-state index >= 15 is 0 Å². The monoisotopic (exact) mass is 210 g/mol. The number of carbonyl (C=O) groups is 1. The number of hydrogen-bond donors (Lipinski definition) is 2. The Morgan fingerprint density at radius 3 is 2.87 bits per heavy atom. The van der Waals surface area contributed by atoms with Crippen LogP contribution in [0.25, 0.3) is 0 Å². The molecule has 15 heavy (non-hydrogen) atoms. The highest BCUT2D eigenvalue weighted by atomic mass is 16.3. The molecular formula is C11H18N2O2. The van der Waals surface area contributed by atoms with E-state index in [9.17, 15) is 4.79 Å². The van der Waals surface area contributed by atoms with Crippen molar-refractivity contribution in [3.63, 3.8) is 0 Å². The van der Waals surface area contributed by atoms with Crippen LogP contribution in [0, 0.1) is 5.92 Å². The van der Waals surface area contributed by atoms with Crippen molar-refractivity contribution >= 4 is 5.91 Å². The van der Waals surface area contributed by atoms with Crippen molar-refractivity contribution in [1.82, 2.24) is 5.32 Å². The van der Waals surface area contributed by atoms with Gasteiger partial charge in [-0.15, -0.1) is 0 Å². The molecule has 1 aromatic heterocycles. The van der Waals surface area contributed by atoms with Gasteiger partial charge in [0.2, 0.25) is 5.91 Å². The molecular weight excluding hydrogens is 192 g/mol. The number of carbonyl (C=O) groups excluding carboxylic acids is 1. The average Bonchev–Trinajstić information content (AvgIpc) is 2.66. The van der Waals surface area contributed by atoms with Crippen molar-refractivity contribution in [2.45, 2.75) is 32.9 Å². The summed E-state index contributed by atoms with van der Waals surface area (Å²) >= 11 is 0. The van der Waals surface area contributed by atoms with Crippen LogP contribution in [0.15, 0.2) is 22.8 Å². The molecule has 1 amide bonds. The number of furan rings is 1. The van der Waals surface area contributed by atoms with Crippen molar-refractivity contribution in [3.8, 4) is 0 Å². The van der Waals surface area contributed by atoms with Crippen LogP contribution in [0.2, 0.25) is 0 Å². The summed E-state index contributed by atoms with van der Waals surface area (Å²) in [6, 6.07) is 3.53. The van der Waals surface area contributed by atoms with Crippen molar-refractivity contribution in [2.75, 3.05) is 0 Å². The minimum atomic E-state index is -0.0819. The fourth-order valence-electron chi connectivity index (χ4n) is 1.12. The highest BCUT2D eigenvalue weighted by Gasteiger charge is 2.12. The maximum Gasteiger partial charge on any atom is 0.221 e. The molecule has 0 aliphatic heterocycles. The van der Waals surface area contributed by atoms with Gasteiger partial charge >= 0.3 is 0 Å². The van der Waals surface area contributed by atoms with Gasteiger partial charge in [0.15, 0.2) is 0 Å². The van der Waals surface area contributed by atoms with E-state index in [1.165, 1.54) is 0 Å². The molecule has 1 heterocycles. The number of nitrogens with one attached hydrogen (secondary N) is 1. The van der Waals surface area contributed by atoms with Gasteiger partial charge in [0.25, 0.3) is 0 Å². The van der Waals surface area contributed by atoms with Crippen LogP contribution >= 0.6 is 0 Å². The third kappa shape index (κ3) is 4.16. The molecule has 84 valence electrons. The van der Waals surface area contributed by atoms with Gasteiger partial charge < -0.3 is 15.5 Å². The zero-order chi connectivity index (χ0) is 11.3. The fraction of sp³-hybridized carbons (Fsp3) is 0.545. The number of nitrogens with two attached hydrogens (primary N) is 1. The predicted molar refractivity (Wildman–Crippen MR) is 58.0 cm³/mol. The van der Waals surface area contributed by atoms with E-state index in [2.05, 4.69) is 5.32 Å². The molecule has 0 aliphatic rings. The lowest BCUT2D eigenvalue weighted by atomic mass is 10.0. The van der Waals surface area contributed by atoms with Gasteiger partial charge in [0, 0.05) is 12.5 Å². The molecule has 0 spiro atoms. The van der Waals surface area contributed by atoms with Crippen LogP contribution < -0.4 is 11.1 Å². The summed E-state index contributed by atoms with van der Waals surface area (Å²) in [6.07, 6.45) is 1.94. The number of hydrogen-bond acceptors (Lipinski definition) is 3. The third-order valence-electron chi connectivity index (χ3n) is 2.32. The quantitative estimate of drug-likeness (QED) is 0.769. The molecule has 0 fully saturated rings. The lowest BCUT2D eigenvalue weighted by Gasteiger charge is -2.14. The van der Waals surface area contributed by atoms with Gasteiger partial charge in [-0.25, -0.2) is 0 Å². The normalized spacial score (nSPS) is 12.8. The first kappa shape index (κ1) is 11.8. The lowest BCUT2D eigenvalue weighted by molar-refractivity contribution is -0.121. The second kappa shape index (κ2) is 5.56. The summed E-state index contributed by atoms with van der Waals surface area (Å²) in [5.41, 5.74) is 5.78. The zero-order valence-corrected chi connectivity index (χ0v) is 9.19. The van der Waals surface area contributed by atoms with Crippen LogP contribution in [0.5, 0.6) is 0 Å². The summed E-state index contributed by atoms with van der Waals surface area (Å²) in [4.78, 5) is 11.4. The summed E-state index contributed by atoms with van der Waals surface area (Å²) in [7, 11) is 0. The van der Waals surface area contributed by atoms with Crippen molar-refractivity contribution in [2.24, 2.45) is 11.7 Å². The van der Waals surface area contributed by atoms with Gasteiger partial charge in [-0.2, -0.15) is 0 Å². The SMILES string of the molecule is CC(C)C(N)CC(=O)NCc1ccco1. The van der Waals surface area contributed by atoms with E-state index in [4.69, 9.17) is 10.2 Å². The first-order valence-corrected chi connectivity index (χ1v) is 5.14. The molecule has 4 nitrogen and oxygen atoms in total. The van der Waals surface area contributed by atoms with Gasteiger partial charge in [0.1, 0.15) is 5.76 Å². The Morgan fingerprint density at radius 2 is 2.33 bits per heavy atom. The van der Waals surface area contributed by atoms with Gasteiger partial charge in [-0.1, -0.05) is 13.8 Å². The Kier molecular flexibility index (Phi) is 4.37. The summed E-state index contributed by atoms with van der Waals surface area (Å²) in [5, 5.41) is 2.76. The van der Waals surface area contributed by atoms with E-state index in [1.54, 1.807) is 12.3 Å². The highest BCUT2D eigenvalue weighted by molar-refractivity contribution is 5.76. The molecule has 0 radical (unpaired) electrons. The molecule has 0 bridgehead atoms. The van der Waals surface area contributed by atoms with E-state index in [-0.39, 0.29) is 11.9 Å². The Bertz CT molecular complexity index is 294. The van der Waals surface area contributed by atoms with Crippen molar-refractivity contribution in [1.29, 1.82) is 0 Å². The second-order valence-corrected chi connectivity index (χ2v) is 3.97. The van der Waals surface area contributed by atoms with Crippen LogP contribution in [0.4, 0.5) is 0 Å². The minimum Gasteiger partial charge on any atom is -0.467 e. The predicted octanol–water partition coefficient (Wildman–Crippen LogP) is 1.27. The van der Waals surface area contributed by atoms with Crippen LogP contribution in [0.1, 0.15) is 26.0 Å². The summed E-state index contributed by atoms with van der Waals surface area (Å²) < 4.78 is 5.09. The zero-order valence-electron chi connectivity index (χ0n) is 9.19. The van der Waals surface area contributed by atoms with Crippen LogP contribution in [-0.2, 0) is 11.3 Å². The minimum absolute atomic E-state index is 0.0346. The third-order valence-corrected chi connectivity index (χ3v) is 2.32. The molecule has 0 saturated heterocycles. The Morgan fingerprint density at radius 1 is 1.60 bits per heavy atom. The molecule has 4 heteroatoms. The van der Waals surface area contributed by atoms with E-state index in [1.807, 2.05) is 19.9 Å². The van der Waals surface area contributed by atoms with Gasteiger partial charge in [-0.3, -0.25) is 4.79 Å². The first-order valence-electron chi connectivity index (χ1n) is 5.14. The molecule has 1 unspecified atom stereocenters.